The lowest BCUT2D eigenvalue weighted by atomic mass is 9.89. The summed E-state index contributed by atoms with van der Waals surface area (Å²) in [5.74, 6) is 2.73. The van der Waals surface area contributed by atoms with Gasteiger partial charge in [0.2, 0.25) is 5.91 Å². The highest BCUT2D eigenvalue weighted by Gasteiger charge is 2.20. The van der Waals surface area contributed by atoms with Crippen molar-refractivity contribution in [2.24, 2.45) is 5.92 Å². The van der Waals surface area contributed by atoms with E-state index in [1.54, 1.807) is 0 Å². The largest absolute Gasteiger partial charge is 0.368 e. The smallest absolute Gasteiger partial charge is 0.223 e. The highest BCUT2D eigenvalue weighted by molar-refractivity contribution is 5.78. The zero-order chi connectivity index (χ0) is 16.8. The van der Waals surface area contributed by atoms with Crippen molar-refractivity contribution in [2.45, 2.75) is 39.0 Å². The molecule has 0 unspecified atom stereocenters. The number of nitrogens with one attached hydrogen (secondary N) is 2. The molecular formula is C18H25N5O. The number of aryl methyl sites for hydroxylation is 1. The monoisotopic (exact) mass is 327 g/mol. The second-order valence-corrected chi connectivity index (χ2v) is 6.30. The van der Waals surface area contributed by atoms with Gasteiger partial charge in [-0.15, -0.1) is 0 Å². The summed E-state index contributed by atoms with van der Waals surface area (Å²) in [6, 6.07) is 5.84. The third kappa shape index (κ3) is 4.34. The van der Waals surface area contributed by atoms with Crippen LogP contribution in [-0.2, 0) is 4.79 Å². The number of hydrogen-bond donors (Lipinski definition) is 2. The molecule has 6 heteroatoms. The van der Waals surface area contributed by atoms with Crippen molar-refractivity contribution in [3.8, 4) is 5.82 Å². The molecule has 1 amide bonds. The molecule has 0 atom stereocenters. The zero-order valence-corrected chi connectivity index (χ0v) is 14.2. The van der Waals surface area contributed by atoms with Crippen molar-refractivity contribution in [2.75, 3.05) is 18.4 Å². The molecule has 0 saturated heterocycles. The van der Waals surface area contributed by atoms with Gasteiger partial charge in [-0.3, -0.25) is 4.79 Å². The van der Waals surface area contributed by atoms with Gasteiger partial charge in [0.25, 0.3) is 0 Å². The summed E-state index contributed by atoms with van der Waals surface area (Å²) in [6.45, 7) is 3.14. The summed E-state index contributed by atoms with van der Waals surface area (Å²) < 4.78 is 1.95. The van der Waals surface area contributed by atoms with Gasteiger partial charge in [-0.1, -0.05) is 19.3 Å². The lowest BCUT2D eigenvalue weighted by Gasteiger charge is -2.20. The molecular weight excluding hydrogens is 302 g/mol. The van der Waals surface area contributed by atoms with E-state index in [2.05, 4.69) is 20.6 Å². The van der Waals surface area contributed by atoms with E-state index < -0.39 is 0 Å². The Morgan fingerprint density at radius 2 is 1.92 bits per heavy atom. The fourth-order valence-corrected chi connectivity index (χ4v) is 3.15. The lowest BCUT2D eigenvalue weighted by molar-refractivity contribution is -0.125. The molecule has 24 heavy (non-hydrogen) atoms. The van der Waals surface area contributed by atoms with Crippen molar-refractivity contribution >= 4 is 11.7 Å². The predicted molar refractivity (Wildman–Crippen MR) is 94.2 cm³/mol. The minimum Gasteiger partial charge on any atom is -0.368 e. The second kappa shape index (κ2) is 7.95. The van der Waals surface area contributed by atoms with Gasteiger partial charge in [0.05, 0.1) is 0 Å². The van der Waals surface area contributed by atoms with Crippen molar-refractivity contribution in [3.05, 3.63) is 36.4 Å². The Bertz CT molecular complexity index is 662. The molecule has 3 rings (SSSR count). The minimum absolute atomic E-state index is 0.198. The Balaban J connectivity index is 1.49. The van der Waals surface area contributed by atoms with Crippen molar-refractivity contribution in [1.29, 1.82) is 0 Å². The Kier molecular flexibility index (Phi) is 5.46. The second-order valence-electron chi connectivity index (χ2n) is 6.30. The maximum absolute atomic E-state index is 12.1. The van der Waals surface area contributed by atoms with E-state index in [-0.39, 0.29) is 11.8 Å². The quantitative estimate of drug-likeness (QED) is 0.800. The van der Waals surface area contributed by atoms with Crippen LogP contribution < -0.4 is 10.6 Å². The van der Waals surface area contributed by atoms with Crippen LogP contribution in [0.3, 0.4) is 0 Å². The average molecular weight is 327 g/mol. The van der Waals surface area contributed by atoms with Crippen LogP contribution >= 0.6 is 0 Å². The van der Waals surface area contributed by atoms with Crippen LogP contribution in [0.4, 0.5) is 5.82 Å². The average Bonchev–Trinajstić information content (AvgIpc) is 3.13. The van der Waals surface area contributed by atoms with Gasteiger partial charge < -0.3 is 15.2 Å². The van der Waals surface area contributed by atoms with Gasteiger partial charge >= 0.3 is 0 Å². The van der Waals surface area contributed by atoms with Crippen LogP contribution in [0, 0.1) is 12.8 Å². The summed E-state index contributed by atoms with van der Waals surface area (Å²) in [4.78, 5) is 20.9. The third-order valence-electron chi connectivity index (χ3n) is 4.40. The summed E-state index contributed by atoms with van der Waals surface area (Å²) in [6.07, 6.45) is 9.60. The Morgan fingerprint density at radius 3 is 2.67 bits per heavy atom. The Morgan fingerprint density at radius 1 is 1.17 bits per heavy atom. The predicted octanol–water partition coefficient (Wildman–Crippen LogP) is 2.68. The number of carbonyl (C=O) groups is 1. The molecule has 0 spiro atoms. The highest BCUT2D eigenvalue weighted by Crippen LogP contribution is 2.23. The molecule has 2 aromatic heterocycles. The molecule has 1 fully saturated rings. The fourth-order valence-electron chi connectivity index (χ4n) is 3.15. The summed E-state index contributed by atoms with van der Waals surface area (Å²) >= 11 is 0. The van der Waals surface area contributed by atoms with Gasteiger partial charge in [-0.05, 0) is 31.9 Å². The van der Waals surface area contributed by atoms with Crippen LogP contribution in [0.1, 0.15) is 37.9 Å². The number of carbonyl (C=O) groups excluding carboxylic acids is 1. The lowest BCUT2D eigenvalue weighted by Crippen LogP contribution is -2.35. The molecule has 2 N–H and O–H groups in total. The molecule has 0 aliphatic heterocycles. The van der Waals surface area contributed by atoms with Crippen molar-refractivity contribution in [1.82, 2.24) is 19.9 Å². The van der Waals surface area contributed by atoms with Gasteiger partial charge in [-0.25, -0.2) is 9.97 Å². The number of amides is 1. The normalized spacial score (nSPS) is 15.2. The molecule has 0 aromatic carbocycles. The van der Waals surface area contributed by atoms with E-state index >= 15 is 0 Å². The molecule has 0 radical (unpaired) electrons. The summed E-state index contributed by atoms with van der Waals surface area (Å²) in [5, 5.41) is 6.30. The van der Waals surface area contributed by atoms with Crippen molar-refractivity contribution in [3.63, 3.8) is 0 Å². The van der Waals surface area contributed by atoms with Gasteiger partial charge in [0.15, 0.2) is 0 Å². The first kappa shape index (κ1) is 16.5. The maximum atomic E-state index is 12.1. The molecule has 0 bridgehead atoms. The first-order valence-corrected chi connectivity index (χ1v) is 8.73. The van der Waals surface area contributed by atoms with Crippen LogP contribution in [0.15, 0.2) is 30.6 Å². The molecule has 1 aliphatic carbocycles. The standard InChI is InChI=1S/C18H25N5O/c1-14-21-16(13-17(22-14)23-11-5-6-12-23)19-9-10-20-18(24)15-7-3-2-4-8-15/h5-6,11-13,15H,2-4,7-10H2,1H3,(H,20,24)(H,19,21,22). The Labute approximate surface area is 142 Å². The van der Waals surface area contributed by atoms with Crippen LogP contribution in [-0.4, -0.2) is 33.5 Å². The van der Waals surface area contributed by atoms with E-state index in [9.17, 15) is 4.79 Å². The number of nitrogens with zero attached hydrogens (tertiary/aromatic N) is 3. The molecule has 1 saturated carbocycles. The van der Waals surface area contributed by atoms with Crippen LogP contribution in [0.25, 0.3) is 5.82 Å². The van der Waals surface area contributed by atoms with Crippen LogP contribution in [0.5, 0.6) is 0 Å². The number of anilines is 1. The summed E-state index contributed by atoms with van der Waals surface area (Å²) in [7, 11) is 0. The van der Waals surface area contributed by atoms with Gasteiger partial charge in [0, 0.05) is 37.5 Å². The third-order valence-corrected chi connectivity index (χ3v) is 4.40. The van der Waals surface area contributed by atoms with Crippen LogP contribution in [0.2, 0.25) is 0 Å². The first-order chi connectivity index (χ1) is 11.7. The fraction of sp³-hybridized carbons (Fsp3) is 0.500. The summed E-state index contributed by atoms with van der Waals surface area (Å²) in [5.41, 5.74) is 0. The van der Waals surface area contributed by atoms with Crippen molar-refractivity contribution < 1.29 is 4.79 Å². The van der Waals surface area contributed by atoms with E-state index in [4.69, 9.17) is 0 Å². The molecule has 2 heterocycles. The first-order valence-electron chi connectivity index (χ1n) is 8.73. The molecule has 1 aliphatic rings. The topological polar surface area (TPSA) is 71.8 Å². The number of rotatable bonds is 6. The van der Waals surface area contributed by atoms with E-state index in [1.165, 1.54) is 19.3 Å². The van der Waals surface area contributed by atoms with Gasteiger partial charge in [0.1, 0.15) is 17.5 Å². The Hall–Kier alpha value is -2.37. The van der Waals surface area contributed by atoms with E-state index in [1.807, 2.05) is 42.1 Å². The molecule has 2 aromatic rings. The number of aromatic nitrogens is 3. The number of hydrogen-bond acceptors (Lipinski definition) is 4. The van der Waals surface area contributed by atoms with E-state index in [0.717, 1.165) is 30.3 Å². The van der Waals surface area contributed by atoms with Gasteiger partial charge in [-0.2, -0.15) is 0 Å². The van der Waals surface area contributed by atoms with E-state index in [0.29, 0.717) is 13.1 Å². The minimum atomic E-state index is 0.198. The SMILES string of the molecule is Cc1nc(NCCNC(=O)C2CCCCC2)cc(-n2cccc2)n1. The highest BCUT2D eigenvalue weighted by atomic mass is 16.1. The zero-order valence-electron chi connectivity index (χ0n) is 14.2. The molecule has 6 nitrogen and oxygen atoms in total. The molecule has 128 valence electrons. The maximum Gasteiger partial charge on any atom is 0.223 e.